The molecule has 2 aromatic rings. The Morgan fingerprint density at radius 3 is 2.50 bits per heavy atom. The topological polar surface area (TPSA) is 78.5 Å². The maximum Gasteiger partial charge on any atom is 0.317 e. The van der Waals surface area contributed by atoms with E-state index >= 15 is 4.39 Å². The molecule has 6 nitrogen and oxygen atoms in total. The Morgan fingerprint density at radius 1 is 1.16 bits per heavy atom. The summed E-state index contributed by atoms with van der Waals surface area (Å²) < 4.78 is 42.6. The van der Waals surface area contributed by atoms with E-state index < -0.39 is 22.1 Å². The van der Waals surface area contributed by atoms with Crippen LogP contribution in [0, 0.1) is 11.2 Å². The third-order valence-electron chi connectivity index (χ3n) is 6.54. The van der Waals surface area contributed by atoms with Gasteiger partial charge in [0.1, 0.15) is 5.82 Å². The minimum absolute atomic E-state index is 0.222. The van der Waals surface area contributed by atoms with Crippen LogP contribution in [0.5, 0.6) is 0 Å². The van der Waals surface area contributed by atoms with Gasteiger partial charge in [0, 0.05) is 30.1 Å². The molecule has 2 amide bonds. The van der Waals surface area contributed by atoms with Crippen LogP contribution in [0.3, 0.4) is 0 Å². The summed E-state index contributed by atoms with van der Waals surface area (Å²) in [5.74, 6) is -0.331. The Kier molecular flexibility index (Phi) is 6.27. The summed E-state index contributed by atoms with van der Waals surface area (Å²) in [5.41, 5.74) is 1.48. The van der Waals surface area contributed by atoms with Crippen LogP contribution in [0.25, 0.3) is 11.1 Å². The number of halogens is 1. The van der Waals surface area contributed by atoms with Crippen LogP contribution in [-0.4, -0.2) is 50.8 Å². The number of nitrogens with one attached hydrogen (secondary N) is 2. The summed E-state index contributed by atoms with van der Waals surface area (Å²) in [4.78, 5) is 14.7. The standard InChI is InChI=1S/C24H30FN3O3S/c1-3-14-26-23(29)28-16-24(12-13-24)22(27-32(2,30)31)20(28)15-18-10-7-11-19(21(18)25)17-8-5-4-6-9-17/h4-11,20,22,27H,3,12-16H2,1-2H3,(H,26,29)/t20-,22+/m0/s1. The number of carbonyl (C=O) groups excluding carboxylic acids is 1. The van der Waals surface area contributed by atoms with Crippen molar-refractivity contribution >= 4 is 16.1 Å². The molecule has 2 N–H and O–H groups in total. The van der Waals surface area contributed by atoms with Crippen molar-refractivity contribution < 1.29 is 17.6 Å². The summed E-state index contributed by atoms with van der Waals surface area (Å²) in [6.07, 6.45) is 3.87. The first-order valence-corrected chi connectivity index (χ1v) is 13.0. The summed E-state index contributed by atoms with van der Waals surface area (Å²) in [6, 6.07) is 13.5. The van der Waals surface area contributed by atoms with Gasteiger partial charge in [0.25, 0.3) is 0 Å². The molecule has 2 aliphatic rings. The number of sulfonamides is 1. The minimum Gasteiger partial charge on any atom is -0.338 e. The fourth-order valence-electron chi connectivity index (χ4n) is 4.79. The third-order valence-corrected chi connectivity index (χ3v) is 7.23. The molecule has 2 atom stereocenters. The molecule has 0 bridgehead atoms. The number of benzene rings is 2. The average molecular weight is 460 g/mol. The smallest absolute Gasteiger partial charge is 0.317 e. The van der Waals surface area contributed by atoms with Crippen molar-refractivity contribution in [2.45, 2.75) is 44.7 Å². The van der Waals surface area contributed by atoms with Crippen LogP contribution in [0.4, 0.5) is 9.18 Å². The van der Waals surface area contributed by atoms with Gasteiger partial charge in [0.2, 0.25) is 10.0 Å². The van der Waals surface area contributed by atoms with Gasteiger partial charge in [0.15, 0.2) is 0 Å². The molecule has 1 heterocycles. The van der Waals surface area contributed by atoms with Crippen molar-refractivity contribution in [3.63, 3.8) is 0 Å². The number of amides is 2. The zero-order valence-corrected chi connectivity index (χ0v) is 19.3. The summed E-state index contributed by atoms with van der Waals surface area (Å²) in [5, 5.41) is 2.91. The fourth-order valence-corrected chi connectivity index (χ4v) is 5.66. The van der Waals surface area contributed by atoms with Gasteiger partial charge in [-0.25, -0.2) is 22.3 Å². The second-order valence-corrected chi connectivity index (χ2v) is 10.8. The molecule has 1 spiro atoms. The number of nitrogens with zero attached hydrogens (tertiary/aromatic N) is 1. The Morgan fingerprint density at radius 2 is 1.88 bits per heavy atom. The second-order valence-electron chi connectivity index (χ2n) is 9.01. The minimum atomic E-state index is -3.49. The van der Waals surface area contributed by atoms with E-state index in [1.807, 2.05) is 43.3 Å². The van der Waals surface area contributed by atoms with Crippen molar-refractivity contribution in [2.75, 3.05) is 19.3 Å². The van der Waals surface area contributed by atoms with Crippen molar-refractivity contribution in [1.82, 2.24) is 14.9 Å². The molecule has 0 unspecified atom stereocenters. The van der Waals surface area contributed by atoms with E-state index in [4.69, 9.17) is 0 Å². The average Bonchev–Trinajstić information content (AvgIpc) is 3.48. The first kappa shape index (κ1) is 22.7. The van der Waals surface area contributed by atoms with Gasteiger partial charge in [-0.3, -0.25) is 0 Å². The highest BCUT2D eigenvalue weighted by atomic mass is 32.2. The number of rotatable bonds is 7. The predicted octanol–water partition coefficient (Wildman–Crippen LogP) is 3.54. The third kappa shape index (κ3) is 4.66. The number of hydrogen-bond acceptors (Lipinski definition) is 3. The van der Waals surface area contributed by atoms with E-state index in [0.29, 0.717) is 24.2 Å². The van der Waals surface area contributed by atoms with Crippen LogP contribution in [-0.2, 0) is 16.4 Å². The largest absolute Gasteiger partial charge is 0.338 e. The van der Waals surface area contributed by atoms with Crippen LogP contribution in [0.2, 0.25) is 0 Å². The van der Waals surface area contributed by atoms with E-state index in [-0.39, 0.29) is 23.7 Å². The van der Waals surface area contributed by atoms with Crippen molar-refractivity contribution in [1.29, 1.82) is 0 Å². The highest BCUT2D eigenvalue weighted by Crippen LogP contribution is 2.55. The zero-order valence-electron chi connectivity index (χ0n) is 18.5. The lowest BCUT2D eigenvalue weighted by atomic mass is 9.91. The van der Waals surface area contributed by atoms with Crippen molar-refractivity contribution in [3.05, 3.63) is 59.9 Å². The maximum absolute atomic E-state index is 15.6. The predicted molar refractivity (Wildman–Crippen MR) is 123 cm³/mol. The molecule has 0 aromatic heterocycles. The van der Waals surface area contributed by atoms with Crippen LogP contribution >= 0.6 is 0 Å². The summed E-state index contributed by atoms with van der Waals surface area (Å²) in [7, 11) is -3.49. The van der Waals surface area contributed by atoms with Crippen LogP contribution < -0.4 is 10.0 Å². The Balaban J connectivity index is 1.68. The number of hydrogen-bond donors (Lipinski definition) is 2. The molecule has 2 fully saturated rings. The Labute approximate surface area is 189 Å². The normalized spacial score (nSPS) is 21.7. The first-order chi connectivity index (χ1) is 15.2. The molecule has 8 heteroatoms. The highest BCUT2D eigenvalue weighted by molar-refractivity contribution is 7.88. The molecule has 1 saturated heterocycles. The molecule has 1 aliphatic carbocycles. The first-order valence-electron chi connectivity index (χ1n) is 11.1. The lowest BCUT2D eigenvalue weighted by Crippen LogP contribution is -2.51. The molecule has 172 valence electrons. The lowest BCUT2D eigenvalue weighted by molar-refractivity contribution is 0.188. The quantitative estimate of drug-likeness (QED) is 0.665. The molecule has 0 radical (unpaired) electrons. The molecule has 4 rings (SSSR count). The van der Waals surface area contributed by atoms with E-state index in [1.165, 1.54) is 0 Å². The van der Waals surface area contributed by atoms with Gasteiger partial charge in [-0.15, -0.1) is 0 Å². The number of urea groups is 1. The molecule has 1 aliphatic heterocycles. The van der Waals surface area contributed by atoms with Gasteiger partial charge in [-0.1, -0.05) is 55.5 Å². The summed E-state index contributed by atoms with van der Waals surface area (Å²) >= 11 is 0. The van der Waals surface area contributed by atoms with E-state index in [0.717, 1.165) is 31.1 Å². The van der Waals surface area contributed by atoms with Crippen molar-refractivity contribution in [2.24, 2.45) is 5.41 Å². The van der Waals surface area contributed by atoms with E-state index in [9.17, 15) is 13.2 Å². The Bertz CT molecular complexity index is 1090. The van der Waals surface area contributed by atoms with Crippen molar-refractivity contribution in [3.8, 4) is 11.1 Å². The molecular formula is C24H30FN3O3S. The highest BCUT2D eigenvalue weighted by Gasteiger charge is 2.61. The summed E-state index contributed by atoms with van der Waals surface area (Å²) in [6.45, 7) is 2.99. The van der Waals surface area contributed by atoms with Gasteiger partial charge in [0.05, 0.1) is 12.3 Å². The fraction of sp³-hybridized carbons (Fsp3) is 0.458. The molecule has 2 aromatic carbocycles. The van der Waals surface area contributed by atoms with Gasteiger partial charge in [-0.2, -0.15) is 0 Å². The van der Waals surface area contributed by atoms with Gasteiger partial charge < -0.3 is 10.2 Å². The Hall–Kier alpha value is -2.45. The second kappa shape index (κ2) is 8.83. The van der Waals surface area contributed by atoms with Gasteiger partial charge in [-0.05, 0) is 36.8 Å². The molecular weight excluding hydrogens is 429 g/mol. The number of carbonyl (C=O) groups is 1. The van der Waals surface area contributed by atoms with E-state index in [1.54, 1.807) is 17.0 Å². The molecule has 1 saturated carbocycles. The lowest BCUT2D eigenvalue weighted by Gasteiger charge is -2.29. The monoisotopic (exact) mass is 459 g/mol. The van der Waals surface area contributed by atoms with Crippen LogP contribution in [0.15, 0.2) is 48.5 Å². The van der Waals surface area contributed by atoms with E-state index in [2.05, 4.69) is 10.0 Å². The maximum atomic E-state index is 15.6. The SMILES string of the molecule is CCCNC(=O)N1CC2(CC2)[C@H](NS(C)(=O)=O)[C@@H]1Cc1cccc(-c2ccccc2)c1F. The van der Waals surface area contributed by atoms with Crippen LogP contribution in [0.1, 0.15) is 31.7 Å². The van der Waals surface area contributed by atoms with Gasteiger partial charge >= 0.3 is 6.03 Å². The molecule has 32 heavy (non-hydrogen) atoms. The number of likely N-dealkylation sites (tertiary alicyclic amines) is 1. The zero-order chi connectivity index (χ0) is 22.9.